The molecule has 3 aliphatic rings. The van der Waals surface area contributed by atoms with Gasteiger partial charge in [-0.2, -0.15) is 0 Å². The van der Waals surface area contributed by atoms with Crippen LogP contribution < -0.4 is 9.80 Å². The van der Waals surface area contributed by atoms with Crippen LogP contribution in [-0.4, -0.2) is 5.54 Å². The first-order chi connectivity index (χ1) is 27.0. The lowest BCUT2D eigenvalue weighted by Gasteiger charge is -2.49. The molecule has 4 heteroatoms. The quantitative estimate of drug-likeness (QED) is 0.176. The van der Waals surface area contributed by atoms with Crippen LogP contribution in [0.5, 0.6) is 0 Å². The minimum absolute atomic E-state index is 0.0117. The molecule has 0 saturated heterocycles. The van der Waals surface area contributed by atoms with Gasteiger partial charge in [-0.15, -0.1) is 0 Å². The van der Waals surface area contributed by atoms with Gasteiger partial charge in [0.05, 0.1) is 11.4 Å². The Balaban J connectivity index is 1.18. The maximum Gasteiger partial charge on any atom is 0.159 e. The molecule has 56 heavy (non-hydrogen) atoms. The number of nitrogens with zero attached hydrogens (tertiary/aromatic N) is 2. The molecule has 2 aliphatic carbocycles. The molecule has 0 atom stereocenters. The Morgan fingerprint density at radius 2 is 1.46 bits per heavy atom. The van der Waals surface area contributed by atoms with Crippen molar-refractivity contribution in [3.8, 4) is 0 Å². The fourth-order valence-electron chi connectivity index (χ4n) is 11.1. The van der Waals surface area contributed by atoms with Crippen molar-refractivity contribution in [1.29, 1.82) is 0 Å². The van der Waals surface area contributed by atoms with Gasteiger partial charge in [0, 0.05) is 44.2 Å². The van der Waals surface area contributed by atoms with Gasteiger partial charge in [-0.3, -0.25) is 0 Å². The molecule has 286 valence electrons. The Bertz CT molecular complexity index is 2600. The lowest BCUT2D eigenvalue weighted by molar-refractivity contribution is 0.199. The first-order valence-electron chi connectivity index (χ1n) is 21.3. The van der Waals surface area contributed by atoms with E-state index in [0.29, 0.717) is 5.92 Å². The van der Waals surface area contributed by atoms with E-state index in [-0.39, 0.29) is 16.4 Å². The van der Waals surface area contributed by atoms with E-state index in [2.05, 4.69) is 148 Å². The van der Waals surface area contributed by atoms with Crippen molar-refractivity contribution >= 4 is 61.3 Å². The number of para-hydroxylation sites is 2. The van der Waals surface area contributed by atoms with E-state index in [4.69, 9.17) is 8.83 Å². The predicted molar refractivity (Wildman–Crippen MR) is 235 cm³/mol. The van der Waals surface area contributed by atoms with Gasteiger partial charge in [-0.05, 0) is 129 Å². The van der Waals surface area contributed by atoms with Crippen LogP contribution >= 0.6 is 0 Å². The number of anilines is 5. The molecule has 1 aliphatic heterocycles. The van der Waals surface area contributed by atoms with Crippen LogP contribution in [0.2, 0.25) is 0 Å². The van der Waals surface area contributed by atoms with E-state index < -0.39 is 0 Å². The first kappa shape index (κ1) is 35.5. The summed E-state index contributed by atoms with van der Waals surface area (Å²) >= 11 is 0. The number of benzene rings is 5. The van der Waals surface area contributed by atoms with Crippen LogP contribution in [0.1, 0.15) is 127 Å². The minimum atomic E-state index is -0.110. The molecule has 0 unspecified atom stereocenters. The van der Waals surface area contributed by atoms with Gasteiger partial charge >= 0.3 is 0 Å². The zero-order valence-corrected chi connectivity index (χ0v) is 34.2. The number of fused-ring (bicyclic) bond motifs is 6. The second-order valence-corrected chi connectivity index (χ2v) is 18.8. The number of rotatable bonds is 5. The summed E-state index contributed by atoms with van der Waals surface area (Å²) in [7, 11) is 0. The normalized spacial score (nSPS) is 18.4. The summed E-state index contributed by atoms with van der Waals surface area (Å²) in [4.78, 5) is 5.11. The molecular formula is C52H56N2O2. The van der Waals surface area contributed by atoms with Gasteiger partial charge in [0.2, 0.25) is 0 Å². The summed E-state index contributed by atoms with van der Waals surface area (Å²) in [5, 5.41) is 3.32. The highest BCUT2D eigenvalue weighted by atomic mass is 16.3. The Morgan fingerprint density at radius 1 is 0.696 bits per heavy atom. The molecule has 5 aromatic carbocycles. The van der Waals surface area contributed by atoms with E-state index in [9.17, 15) is 0 Å². The molecular weight excluding hydrogens is 685 g/mol. The van der Waals surface area contributed by atoms with Crippen LogP contribution in [0, 0.1) is 6.92 Å². The third kappa shape index (κ3) is 5.45. The lowest BCUT2D eigenvalue weighted by atomic mass is 9.61. The molecule has 0 bridgehead atoms. The van der Waals surface area contributed by atoms with Crippen molar-refractivity contribution in [1.82, 2.24) is 0 Å². The van der Waals surface area contributed by atoms with Gasteiger partial charge in [0.1, 0.15) is 17.4 Å². The smallest absolute Gasteiger partial charge is 0.159 e. The summed E-state index contributed by atoms with van der Waals surface area (Å²) in [5.41, 5.74) is 14.1. The summed E-state index contributed by atoms with van der Waals surface area (Å²) < 4.78 is 13.2. The average molecular weight is 741 g/mol. The number of hydrogen-bond donors (Lipinski definition) is 0. The summed E-state index contributed by atoms with van der Waals surface area (Å²) in [6.07, 6.45) is 15.1. The standard InChI is InChI=1S/C52H56N2O2/c1-34-28-38(32-39(29-34)54-44-25-22-36(35-16-9-7-10-17-35)30-43(44)52(51(54,5)6)26-13-8-14-27-52)53(46-33-55-48-31-37(50(2,3)4)23-24-42(46)48)45-20-15-19-41-40-18-11-12-21-47(40)56-49(41)45/h11-12,15,18-25,28-33,35H,7-10,13-14,16-17,26-27H2,1-6H3. The molecule has 2 aromatic heterocycles. The summed E-state index contributed by atoms with van der Waals surface area (Å²) in [6.45, 7) is 14.1. The van der Waals surface area contributed by atoms with Gasteiger partial charge in [-0.25, -0.2) is 0 Å². The van der Waals surface area contributed by atoms with Crippen LogP contribution in [0.15, 0.2) is 112 Å². The second-order valence-electron chi connectivity index (χ2n) is 18.8. The first-order valence-corrected chi connectivity index (χ1v) is 21.3. The average Bonchev–Trinajstić information content (AvgIpc) is 3.84. The molecule has 2 fully saturated rings. The van der Waals surface area contributed by atoms with Crippen molar-refractivity contribution < 1.29 is 8.83 Å². The Hall–Kier alpha value is -4.96. The number of furan rings is 2. The van der Waals surface area contributed by atoms with Crippen molar-refractivity contribution in [3.63, 3.8) is 0 Å². The van der Waals surface area contributed by atoms with Crippen LogP contribution in [-0.2, 0) is 10.8 Å². The molecule has 7 aromatic rings. The van der Waals surface area contributed by atoms with Crippen LogP contribution in [0.3, 0.4) is 0 Å². The van der Waals surface area contributed by atoms with E-state index >= 15 is 0 Å². The van der Waals surface area contributed by atoms with Gasteiger partial charge in [0.25, 0.3) is 0 Å². The van der Waals surface area contributed by atoms with Crippen molar-refractivity contribution in [2.45, 2.75) is 128 Å². The highest BCUT2D eigenvalue weighted by molar-refractivity contribution is 6.11. The number of aryl methyl sites for hydroxylation is 1. The lowest BCUT2D eigenvalue weighted by Crippen LogP contribution is -2.52. The molecule has 0 radical (unpaired) electrons. The van der Waals surface area contributed by atoms with Crippen molar-refractivity contribution in [2.24, 2.45) is 0 Å². The van der Waals surface area contributed by atoms with Crippen LogP contribution in [0.4, 0.5) is 28.4 Å². The summed E-state index contributed by atoms with van der Waals surface area (Å²) in [5.74, 6) is 0.691. The fourth-order valence-corrected chi connectivity index (χ4v) is 11.1. The van der Waals surface area contributed by atoms with Crippen molar-refractivity contribution in [3.05, 3.63) is 126 Å². The third-order valence-electron chi connectivity index (χ3n) is 14.1. The van der Waals surface area contributed by atoms with E-state index in [1.54, 1.807) is 11.1 Å². The van der Waals surface area contributed by atoms with E-state index in [1.165, 1.54) is 86.7 Å². The Morgan fingerprint density at radius 3 is 2.27 bits per heavy atom. The number of hydrogen-bond acceptors (Lipinski definition) is 4. The highest BCUT2D eigenvalue weighted by Crippen LogP contribution is 2.61. The fraction of sp³-hybridized carbons (Fsp3) is 0.385. The minimum Gasteiger partial charge on any atom is -0.462 e. The topological polar surface area (TPSA) is 32.8 Å². The van der Waals surface area contributed by atoms with Crippen molar-refractivity contribution in [2.75, 3.05) is 9.80 Å². The highest BCUT2D eigenvalue weighted by Gasteiger charge is 2.57. The molecule has 10 rings (SSSR count). The molecule has 0 N–H and O–H groups in total. The van der Waals surface area contributed by atoms with Crippen LogP contribution in [0.25, 0.3) is 32.9 Å². The van der Waals surface area contributed by atoms with Gasteiger partial charge < -0.3 is 18.6 Å². The predicted octanol–water partition coefficient (Wildman–Crippen LogP) is 15.6. The van der Waals surface area contributed by atoms with E-state index in [1.807, 2.05) is 6.26 Å². The molecule has 3 heterocycles. The SMILES string of the molecule is Cc1cc(N(c2coc3cc(C(C)(C)C)ccc23)c2cccc3c2oc2ccccc23)cc(N2c3ccc(C4CCCCC4)cc3C3(CCCCC3)C2(C)C)c1. The molecule has 2 saturated carbocycles. The largest absolute Gasteiger partial charge is 0.462 e. The molecule has 4 nitrogen and oxygen atoms in total. The zero-order valence-electron chi connectivity index (χ0n) is 34.2. The third-order valence-corrected chi connectivity index (χ3v) is 14.1. The Kier molecular flexibility index (Phi) is 8.26. The van der Waals surface area contributed by atoms with Gasteiger partial charge in [-0.1, -0.05) is 108 Å². The Labute approximate surface area is 332 Å². The monoisotopic (exact) mass is 740 g/mol. The second kappa shape index (κ2) is 13.0. The summed E-state index contributed by atoms with van der Waals surface area (Å²) in [6, 6.07) is 36.5. The van der Waals surface area contributed by atoms with Gasteiger partial charge in [0.15, 0.2) is 5.58 Å². The zero-order chi connectivity index (χ0) is 38.4. The molecule has 0 amide bonds. The van der Waals surface area contributed by atoms with E-state index in [0.717, 1.165) is 50.0 Å². The molecule has 1 spiro atoms. The maximum absolute atomic E-state index is 6.75. The maximum atomic E-state index is 6.75.